The molecule has 2 rings (SSSR count). The standard InChI is InChI=1S/C14H16FNO3S/c1-3-20(17,18)13-12(14(13,8-16)9-19-2)10-4-6-11(15)7-5-10/h4-7,12-13H,3,9H2,1-2H3/t12-,13-,14+/m0/s1. The third-order valence-corrected chi connectivity index (χ3v) is 6.14. The lowest BCUT2D eigenvalue weighted by atomic mass is 10.0. The molecule has 1 aliphatic carbocycles. The molecule has 4 nitrogen and oxygen atoms in total. The summed E-state index contributed by atoms with van der Waals surface area (Å²) in [6.45, 7) is 1.61. The van der Waals surface area contributed by atoms with Crippen molar-refractivity contribution < 1.29 is 17.5 Å². The van der Waals surface area contributed by atoms with Crippen molar-refractivity contribution in [1.29, 1.82) is 5.26 Å². The molecule has 0 spiro atoms. The Morgan fingerprint density at radius 2 is 2.00 bits per heavy atom. The minimum atomic E-state index is -3.37. The Kier molecular flexibility index (Phi) is 3.85. The Morgan fingerprint density at radius 1 is 1.40 bits per heavy atom. The van der Waals surface area contributed by atoms with Gasteiger partial charge < -0.3 is 4.74 Å². The van der Waals surface area contributed by atoms with Crippen molar-refractivity contribution in [3.05, 3.63) is 35.6 Å². The summed E-state index contributed by atoms with van der Waals surface area (Å²) >= 11 is 0. The van der Waals surface area contributed by atoms with Crippen molar-refractivity contribution >= 4 is 9.84 Å². The van der Waals surface area contributed by atoms with Crippen molar-refractivity contribution in [3.63, 3.8) is 0 Å². The SMILES string of the molecule is CCS(=O)(=O)[C@H]1[C@H](c2ccc(F)cc2)[C@@]1(C#N)COC. The highest BCUT2D eigenvalue weighted by Gasteiger charge is 2.71. The molecule has 0 heterocycles. The fourth-order valence-corrected chi connectivity index (χ4v) is 4.83. The van der Waals surface area contributed by atoms with Gasteiger partial charge in [-0.2, -0.15) is 5.26 Å². The highest BCUT2D eigenvalue weighted by molar-refractivity contribution is 7.92. The van der Waals surface area contributed by atoms with Crippen LogP contribution in [0.1, 0.15) is 18.4 Å². The maximum atomic E-state index is 13.0. The predicted octanol–water partition coefficient (Wildman–Crippen LogP) is 1.88. The maximum absolute atomic E-state index is 13.0. The van der Waals surface area contributed by atoms with Crippen LogP contribution in [0.25, 0.3) is 0 Å². The van der Waals surface area contributed by atoms with Crippen molar-refractivity contribution in [3.8, 4) is 6.07 Å². The molecule has 1 aliphatic rings. The lowest BCUT2D eigenvalue weighted by Gasteiger charge is -2.07. The van der Waals surface area contributed by atoms with Crippen LogP contribution in [0.2, 0.25) is 0 Å². The fourth-order valence-electron chi connectivity index (χ4n) is 2.83. The number of benzene rings is 1. The second-order valence-corrected chi connectivity index (χ2v) is 7.40. The average Bonchev–Trinajstić information content (AvgIpc) is 3.10. The largest absolute Gasteiger partial charge is 0.383 e. The second-order valence-electron chi connectivity index (χ2n) is 4.99. The Hall–Kier alpha value is -1.45. The molecule has 3 atom stereocenters. The number of nitrogens with zero attached hydrogens (tertiary/aromatic N) is 1. The number of ether oxygens (including phenoxy) is 1. The summed E-state index contributed by atoms with van der Waals surface area (Å²) in [5.74, 6) is -0.876. The Balaban J connectivity index is 2.45. The van der Waals surface area contributed by atoms with Gasteiger partial charge in [-0.05, 0) is 17.7 Å². The first-order valence-electron chi connectivity index (χ1n) is 6.30. The smallest absolute Gasteiger partial charge is 0.155 e. The molecule has 1 aromatic rings. The molecule has 1 aromatic carbocycles. The van der Waals surface area contributed by atoms with E-state index >= 15 is 0 Å². The number of hydrogen-bond donors (Lipinski definition) is 0. The molecule has 6 heteroatoms. The van der Waals surface area contributed by atoms with E-state index in [2.05, 4.69) is 6.07 Å². The highest BCUT2D eigenvalue weighted by Crippen LogP contribution is 2.62. The number of hydrogen-bond acceptors (Lipinski definition) is 4. The van der Waals surface area contributed by atoms with E-state index in [-0.39, 0.29) is 12.4 Å². The third-order valence-electron chi connectivity index (χ3n) is 3.87. The normalized spacial score (nSPS) is 28.9. The zero-order chi connectivity index (χ0) is 15.0. The van der Waals surface area contributed by atoms with E-state index in [0.29, 0.717) is 5.56 Å². The number of rotatable bonds is 5. The Morgan fingerprint density at radius 3 is 2.45 bits per heavy atom. The van der Waals surface area contributed by atoms with E-state index in [1.54, 1.807) is 6.92 Å². The van der Waals surface area contributed by atoms with Gasteiger partial charge in [-0.25, -0.2) is 12.8 Å². The van der Waals surface area contributed by atoms with Crippen molar-refractivity contribution in [2.45, 2.75) is 18.1 Å². The van der Waals surface area contributed by atoms with Gasteiger partial charge >= 0.3 is 0 Å². The summed E-state index contributed by atoms with van der Waals surface area (Å²) in [5.41, 5.74) is -0.409. The van der Waals surface area contributed by atoms with Gasteiger partial charge in [0, 0.05) is 18.8 Å². The summed E-state index contributed by atoms with van der Waals surface area (Å²) in [4.78, 5) is 0. The Labute approximate surface area is 118 Å². The molecule has 0 amide bonds. The van der Waals surface area contributed by atoms with E-state index in [1.165, 1.54) is 31.4 Å². The van der Waals surface area contributed by atoms with Crippen LogP contribution in [-0.2, 0) is 14.6 Å². The van der Waals surface area contributed by atoms with Gasteiger partial charge in [0.15, 0.2) is 9.84 Å². The van der Waals surface area contributed by atoms with Crippen LogP contribution in [0.5, 0.6) is 0 Å². The molecular weight excluding hydrogens is 281 g/mol. The Bertz CT molecular complexity index is 635. The zero-order valence-electron chi connectivity index (χ0n) is 11.3. The van der Waals surface area contributed by atoms with Gasteiger partial charge in [-0.1, -0.05) is 19.1 Å². The van der Waals surface area contributed by atoms with Gasteiger partial charge in [0.05, 0.1) is 17.9 Å². The molecule has 0 unspecified atom stereocenters. The third kappa shape index (κ3) is 2.21. The summed E-state index contributed by atoms with van der Waals surface area (Å²) in [6.07, 6.45) is 0. The lowest BCUT2D eigenvalue weighted by Crippen LogP contribution is -2.20. The van der Waals surface area contributed by atoms with Gasteiger partial charge in [0.2, 0.25) is 0 Å². The van der Waals surface area contributed by atoms with Crippen LogP contribution in [0.15, 0.2) is 24.3 Å². The maximum Gasteiger partial charge on any atom is 0.155 e. The topological polar surface area (TPSA) is 67.2 Å². The second kappa shape index (κ2) is 5.15. The minimum Gasteiger partial charge on any atom is -0.383 e. The van der Waals surface area contributed by atoms with Gasteiger partial charge in [0.25, 0.3) is 0 Å². The van der Waals surface area contributed by atoms with E-state index < -0.39 is 32.2 Å². The highest BCUT2D eigenvalue weighted by atomic mass is 32.2. The van der Waals surface area contributed by atoms with Crippen LogP contribution in [0.3, 0.4) is 0 Å². The van der Waals surface area contributed by atoms with Gasteiger partial charge in [-0.15, -0.1) is 0 Å². The van der Waals surface area contributed by atoms with Crippen LogP contribution in [0.4, 0.5) is 4.39 Å². The van der Waals surface area contributed by atoms with Crippen molar-refractivity contribution in [1.82, 2.24) is 0 Å². The quantitative estimate of drug-likeness (QED) is 0.832. The van der Waals surface area contributed by atoms with Gasteiger partial charge in [0.1, 0.15) is 11.2 Å². The number of methoxy groups -OCH3 is 1. The van der Waals surface area contributed by atoms with E-state index in [9.17, 15) is 18.1 Å². The van der Waals surface area contributed by atoms with Crippen LogP contribution < -0.4 is 0 Å². The van der Waals surface area contributed by atoms with Crippen LogP contribution in [-0.4, -0.2) is 33.1 Å². The first-order valence-corrected chi connectivity index (χ1v) is 8.01. The van der Waals surface area contributed by atoms with E-state index in [4.69, 9.17) is 4.74 Å². The molecule has 0 N–H and O–H groups in total. The summed E-state index contributed by atoms with van der Waals surface area (Å²) in [5, 5.41) is 8.65. The molecule has 1 saturated carbocycles. The van der Waals surface area contributed by atoms with Crippen molar-refractivity contribution in [2.75, 3.05) is 19.5 Å². The first kappa shape index (κ1) is 14.9. The molecule has 0 aromatic heterocycles. The molecule has 0 bridgehead atoms. The predicted molar refractivity (Wildman–Crippen MR) is 72.3 cm³/mol. The summed E-state index contributed by atoms with van der Waals surface area (Å²) < 4.78 is 42.4. The van der Waals surface area contributed by atoms with Crippen LogP contribution >= 0.6 is 0 Å². The average molecular weight is 297 g/mol. The number of nitriles is 1. The molecule has 20 heavy (non-hydrogen) atoms. The zero-order valence-corrected chi connectivity index (χ0v) is 12.2. The molecule has 1 fully saturated rings. The summed E-state index contributed by atoms with van der Waals surface area (Å²) in [7, 11) is -1.93. The number of sulfone groups is 1. The lowest BCUT2D eigenvalue weighted by molar-refractivity contribution is 0.162. The molecule has 0 radical (unpaired) electrons. The minimum absolute atomic E-state index is 0.0253. The molecule has 0 saturated heterocycles. The van der Waals surface area contributed by atoms with Crippen molar-refractivity contribution in [2.24, 2.45) is 5.41 Å². The van der Waals surface area contributed by atoms with Gasteiger partial charge in [-0.3, -0.25) is 0 Å². The van der Waals surface area contributed by atoms with Crippen LogP contribution in [0, 0.1) is 22.6 Å². The molecule has 0 aliphatic heterocycles. The fraction of sp³-hybridized carbons (Fsp3) is 0.500. The summed E-state index contributed by atoms with van der Waals surface area (Å²) in [6, 6.07) is 7.73. The first-order chi connectivity index (χ1) is 9.43. The molecule has 108 valence electrons. The molecular formula is C14H16FNO3S. The van der Waals surface area contributed by atoms with E-state index in [1.807, 2.05) is 0 Å². The monoisotopic (exact) mass is 297 g/mol. The number of halogens is 1. The van der Waals surface area contributed by atoms with E-state index in [0.717, 1.165) is 0 Å².